The Kier molecular flexibility index (Phi) is 8.70. The number of rotatable bonds is 11. The Morgan fingerprint density at radius 1 is 1.15 bits per heavy atom. The van der Waals surface area contributed by atoms with Gasteiger partial charge in [-0.1, -0.05) is 30.7 Å². The number of aldehydes is 1. The van der Waals surface area contributed by atoms with Crippen LogP contribution in [0.3, 0.4) is 0 Å². The zero-order valence-corrected chi connectivity index (χ0v) is 20.1. The van der Waals surface area contributed by atoms with Gasteiger partial charge in [0.2, 0.25) is 16.3 Å². The molecular weight excluding hydrogens is 486 g/mol. The van der Waals surface area contributed by atoms with E-state index in [1.165, 1.54) is 11.1 Å². The van der Waals surface area contributed by atoms with Gasteiger partial charge in [-0.25, -0.2) is 17.9 Å². The molecule has 1 aromatic carbocycles. The number of nitrogens with zero attached hydrogens (tertiary/aromatic N) is 2. The zero-order chi connectivity index (χ0) is 23.8. The van der Waals surface area contributed by atoms with Crippen LogP contribution < -0.4 is 4.72 Å². The molecular formula is C22H22ClN3O5S2. The van der Waals surface area contributed by atoms with E-state index < -0.39 is 16.0 Å². The average Bonchev–Trinajstić information content (AvgIpc) is 3.28. The molecule has 1 atom stereocenters. The van der Waals surface area contributed by atoms with Gasteiger partial charge in [0, 0.05) is 28.8 Å². The van der Waals surface area contributed by atoms with Gasteiger partial charge in [0.1, 0.15) is 4.21 Å². The van der Waals surface area contributed by atoms with Crippen LogP contribution in [-0.4, -0.2) is 37.3 Å². The summed E-state index contributed by atoms with van der Waals surface area (Å²) in [6, 6.07) is 13.9. The summed E-state index contributed by atoms with van der Waals surface area (Å²) in [7, 11) is -3.72. The number of halogens is 1. The number of thiophene rings is 1. The number of hydrogen-bond acceptors (Lipinski definition) is 8. The lowest BCUT2D eigenvalue weighted by Gasteiger charge is -2.19. The summed E-state index contributed by atoms with van der Waals surface area (Å²) in [5.41, 5.74) is 1.78. The maximum absolute atomic E-state index is 12.8. The highest BCUT2D eigenvalue weighted by Gasteiger charge is 2.20. The van der Waals surface area contributed by atoms with Crippen molar-refractivity contribution >= 4 is 45.2 Å². The molecule has 0 saturated carbocycles. The topological polar surface area (TPSA) is 106 Å². The van der Waals surface area contributed by atoms with Gasteiger partial charge in [-0.15, -0.1) is 16.4 Å². The van der Waals surface area contributed by atoms with E-state index in [0.717, 1.165) is 22.5 Å². The van der Waals surface area contributed by atoms with E-state index in [2.05, 4.69) is 9.71 Å². The Hall–Kier alpha value is -2.63. The molecule has 0 amide bonds. The second-order valence-corrected chi connectivity index (χ2v) is 10.8. The Balaban J connectivity index is 1.65. The van der Waals surface area contributed by atoms with Gasteiger partial charge in [-0.2, -0.15) is 0 Å². The van der Waals surface area contributed by atoms with E-state index in [1.807, 2.05) is 19.1 Å². The molecule has 3 rings (SSSR count). The number of pyridine rings is 1. The van der Waals surface area contributed by atoms with Crippen molar-refractivity contribution in [3.05, 3.63) is 82.0 Å². The summed E-state index contributed by atoms with van der Waals surface area (Å²) in [5, 5.41) is 1.92. The molecule has 0 radical (unpaired) electrons. The van der Waals surface area contributed by atoms with Crippen molar-refractivity contribution in [2.75, 3.05) is 6.54 Å². The van der Waals surface area contributed by atoms with Crippen LogP contribution in [-0.2, 0) is 37.5 Å². The molecule has 1 N–H and O–H groups in total. The molecule has 8 nitrogen and oxygen atoms in total. The molecule has 0 fully saturated rings. The number of carbonyl (C=O) groups excluding carboxylic acids is 2. The molecule has 2 heterocycles. The van der Waals surface area contributed by atoms with E-state index in [9.17, 15) is 18.0 Å². The van der Waals surface area contributed by atoms with Crippen molar-refractivity contribution in [3.63, 3.8) is 0 Å². The Morgan fingerprint density at radius 3 is 2.52 bits per heavy atom. The second kappa shape index (κ2) is 11.5. The smallest absolute Gasteiger partial charge is 0.361 e. The van der Waals surface area contributed by atoms with Crippen LogP contribution in [0.4, 0.5) is 0 Å². The van der Waals surface area contributed by atoms with Crippen LogP contribution in [0.15, 0.2) is 65.1 Å². The number of aromatic nitrogens is 1. The van der Waals surface area contributed by atoms with Crippen LogP contribution in [0, 0.1) is 0 Å². The molecule has 0 saturated heterocycles. The first-order valence-corrected chi connectivity index (χ1v) is 12.6. The lowest BCUT2D eigenvalue weighted by molar-refractivity contribution is -0.194. The molecule has 0 aliphatic heterocycles. The minimum absolute atomic E-state index is 0.0462. The van der Waals surface area contributed by atoms with Crippen molar-refractivity contribution < 1.29 is 22.8 Å². The number of hydroxylamine groups is 2. The van der Waals surface area contributed by atoms with Crippen molar-refractivity contribution in [2.24, 2.45) is 0 Å². The molecule has 11 heteroatoms. The molecule has 0 spiro atoms. The molecule has 0 bridgehead atoms. The van der Waals surface area contributed by atoms with Crippen molar-refractivity contribution in [1.82, 2.24) is 14.8 Å². The zero-order valence-electron chi connectivity index (χ0n) is 17.7. The highest BCUT2D eigenvalue weighted by atomic mass is 35.5. The highest BCUT2D eigenvalue weighted by Crippen LogP contribution is 2.24. The van der Waals surface area contributed by atoms with E-state index in [-0.39, 0.29) is 36.0 Å². The number of benzene rings is 1. The maximum atomic E-state index is 12.8. The van der Waals surface area contributed by atoms with Crippen LogP contribution in [0.1, 0.15) is 28.8 Å². The van der Waals surface area contributed by atoms with E-state index in [1.54, 1.807) is 42.7 Å². The van der Waals surface area contributed by atoms with E-state index in [0.29, 0.717) is 9.90 Å². The fourth-order valence-corrected chi connectivity index (χ4v) is 5.60. The number of sulfonamides is 1. The molecule has 0 aliphatic rings. The molecule has 174 valence electrons. The first kappa shape index (κ1) is 25.0. The normalized spacial score (nSPS) is 12.5. The van der Waals surface area contributed by atoms with Gasteiger partial charge in [0.05, 0.1) is 13.1 Å². The fraction of sp³-hybridized carbons (Fsp3) is 0.227. The van der Waals surface area contributed by atoms with Crippen molar-refractivity contribution in [1.29, 1.82) is 0 Å². The summed E-state index contributed by atoms with van der Waals surface area (Å²) < 4.78 is 28.3. The number of hydrogen-bond donors (Lipinski definition) is 1. The predicted molar refractivity (Wildman–Crippen MR) is 125 cm³/mol. The summed E-state index contributed by atoms with van der Waals surface area (Å²) in [6.45, 7) is 2.47. The Labute approximate surface area is 201 Å². The summed E-state index contributed by atoms with van der Waals surface area (Å²) in [5.74, 6) is -1.08. The van der Waals surface area contributed by atoms with Crippen LogP contribution in [0.25, 0.3) is 0 Å². The molecule has 33 heavy (non-hydrogen) atoms. The van der Waals surface area contributed by atoms with Gasteiger partial charge >= 0.3 is 5.97 Å². The number of nitrogens with one attached hydrogen (secondary N) is 1. The fourth-order valence-electron chi connectivity index (χ4n) is 2.94. The quantitative estimate of drug-likeness (QED) is 0.240. The third-order valence-corrected chi connectivity index (χ3v) is 7.91. The first-order valence-electron chi connectivity index (χ1n) is 9.91. The largest absolute Gasteiger partial charge is 0.390 e. The van der Waals surface area contributed by atoms with Crippen molar-refractivity contribution in [3.8, 4) is 0 Å². The molecule has 2 aromatic heterocycles. The van der Waals surface area contributed by atoms with E-state index in [4.69, 9.17) is 16.4 Å². The summed E-state index contributed by atoms with van der Waals surface area (Å²) in [6.07, 6.45) is 3.28. The van der Waals surface area contributed by atoms with Gasteiger partial charge in [0.25, 0.3) is 0 Å². The monoisotopic (exact) mass is 507 g/mol. The lowest BCUT2D eigenvalue weighted by atomic mass is 10.0. The second-order valence-electron chi connectivity index (χ2n) is 7.21. The first-order chi connectivity index (χ1) is 15.8. The SMILES string of the molecule is CC(CNS(=O)(=O)c1ccc(CN(Cc2ccncc2)OC(=O)C=O)s1)c1ccc(Cl)cc1. The third kappa shape index (κ3) is 7.44. The lowest BCUT2D eigenvalue weighted by Crippen LogP contribution is -2.27. The summed E-state index contributed by atoms with van der Waals surface area (Å²) >= 11 is 6.97. The third-order valence-electron chi connectivity index (χ3n) is 4.68. The highest BCUT2D eigenvalue weighted by molar-refractivity contribution is 7.91. The van der Waals surface area contributed by atoms with Crippen LogP contribution >= 0.6 is 22.9 Å². The Morgan fingerprint density at radius 2 is 1.85 bits per heavy atom. The van der Waals surface area contributed by atoms with Gasteiger partial charge in [0.15, 0.2) is 0 Å². The molecule has 1 unspecified atom stereocenters. The molecule has 3 aromatic rings. The number of carbonyl (C=O) groups is 2. The van der Waals surface area contributed by atoms with Gasteiger partial charge in [-0.3, -0.25) is 9.78 Å². The van der Waals surface area contributed by atoms with Gasteiger partial charge < -0.3 is 4.84 Å². The maximum Gasteiger partial charge on any atom is 0.390 e. The summed E-state index contributed by atoms with van der Waals surface area (Å²) in [4.78, 5) is 31.9. The van der Waals surface area contributed by atoms with Crippen LogP contribution in [0.5, 0.6) is 0 Å². The predicted octanol–water partition coefficient (Wildman–Crippen LogP) is 3.54. The van der Waals surface area contributed by atoms with E-state index >= 15 is 0 Å². The van der Waals surface area contributed by atoms with Crippen molar-refractivity contribution in [2.45, 2.75) is 30.1 Å². The average molecular weight is 508 g/mol. The van der Waals surface area contributed by atoms with Crippen LogP contribution in [0.2, 0.25) is 5.02 Å². The standard InChI is InChI=1S/C22H22ClN3O5S2/c1-16(18-2-4-19(23)5-3-18)12-25-33(29,30)22-7-6-20(32-22)14-26(31-21(28)15-27)13-17-8-10-24-11-9-17/h2-11,15-16,25H,12-14H2,1H3. The molecule has 0 aliphatic carbocycles. The van der Waals surface area contributed by atoms with Gasteiger partial charge in [-0.05, 0) is 53.4 Å². The Bertz CT molecular complexity index is 1180. The minimum atomic E-state index is -3.72. The minimum Gasteiger partial charge on any atom is -0.361 e.